The van der Waals surface area contributed by atoms with E-state index in [1.54, 1.807) is 30.3 Å². The molecule has 0 spiro atoms. The Labute approximate surface area is 167 Å². The number of nitrogens with zero attached hydrogens (tertiary/aromatic N) is 3. The SMILES string of the molecule is COC(Cn1cncn1)(c1ccc(Oc2ccc(Cl)cc2)cc1Cl)C1CC1. The quantitative estimate of drug-likeness (QED) is 0.534. The maximum atomic E-state index is 6.67. The molecule has 0 radical (unpaired) electrons. The van der Waals surface area contributed by atoms with Crippen molar-refractivity contribution in [1.29, 1.82) is 0 Å². The van der Waals surface area contributed by atoms with Crippen molar-refractivity contribution in [2.75, 3.05) is 7.11 Å². The van der Waals surface area contributed by atoms with E-state index in [0.717, 1.165) is 18.4 Å². The lowest BCUT2D eigenvalue weighted by Gasteiger charge is -2.34. The largest absolute Gasteiger partial charge is 0.457 e. The van der Waals surface area contributed by atoms with Crippen LogP contribution in [0.1, 0.15) is 18.4 Å². The van der Waals surface area contributed by atoms with Crippen molar-refractivity contribution in [3.63, 3.8) is 0 Å². The molecule has 0 bridgehead atoms. The fourth-order valence-corrected chi connectivity index (χ4v) is 3.88. The van der Waals surface area contributed by atoms with Crippen molar-refractivity contribution in [1.82, 2.24) is 14.8 Å². The predicted molar refractivity (Wildman–Crippen MR) is 104 cm³/mol. The molecular weight excluding hydrogens is 385 g/mol. The van der Waals surface area contributed by atoms with Crippen LogP contribution in [0.2, 0.25) is 10.0 Å². The van der Waals surface area contributed by atoms with Crippen molar-refractivity contribution in [3.05, 3.63) is 70.7 Å². The summed E-state index contributed by atoms with van der Waals surface area (Å²) in [6, 6.07) is 12.9. The molecule has 0 aliphatic heterocycles. The van der Waals surface area contributed by atoms with Crippen molar-refractivity contribution >= 4 is 23.2 Å². The number of halogens is 2. The summed E-state index contributed by atoms with van der Waals surface area (Å²) in [5.41, 5.74) is 0.400. The average molecular weight is 404 g/mol. The molecule has 4 rings (SSSR count). The maximum Gasteiger partial charge on any atom is 0.137 e. The molecule has 0 saturated heterocycles. The van der Waals surface area contributed by atoms with E-state index < -0.39 is 5.60 Å². The van der Waals surface area contributed by atoms with Crippen LogP contribution in [-0.4, -0.2) is 21.9 Å². The number of benzene rings is 2. The van der Waals surface area contributed by atoms with Gasteiger partial charge in [-0.2, -0.15) is 5.10 Å². The first-order chi connectivity index (χ1) is 13.1. The van der Waals surface area contributed by atoms with Gasteiger partial charge in [0.05, 0.1) is 11.6 Å². The Hall–Kier alpha value is -2.08. The zero-order valence-corrected chi connectivity index (χ0v) is 16.3. The van der Waals surface area contributed by atoms with E-state index in [4.69, 9.17) is 32.7 Å². The molecule has 1 aliphatic carbocycles. The molecule has 27 heavy (non-hydrogen) atoms. The summed E-state index contributed by atoms with van der Waals surface area (Å²) in [6.07, 6.45) is 5.42. The molecule has 7 heteroatoms. The van der Waals surface area contributed by atoms with Crippen LogP contribution in [0.4, 0.5) is 0 Å². The maximum absolute atomic E-state index is 6.67. The third kappa shape index (κ3) is 3.81. The molecule has 0 amide bonds. The first-order valence-electron chi connectivity index (χ1n) is 8.72. The lowest BCUT2D eigenvalue weighted by atomic mass is 9.88. The van der Waals surface area contributed by atoms with E-state index in [0.29, 0.717) is 34.0 Å². The van der Waals surface area contributed by atoms with Gasteiger partial charge >= 0.3 is 0 Å². The Morgan fingerprint density at radius 2 is 1.85 bits per heavy atom. The molecular formula is C20H19Cl2N3O2. The highest BCUT2D eigenvalue weighted by atomic mass is 35.5. The highest BCUT2D eigenvalue weighted by Crippen LogP contribution is 2.51. The average Bonchev–Trinajstić information content (AvgIpc) is 3.40. The molecule has 0 N–H and O–H groups in total. The smallest absolute Gasteiger partial charge is 0.137 e. The van der Waals surface area contributed by atoms with Gasteiger partial charge in [0.15, 0.2) is 0 Å². The third-order valence-electron chi connectivity index (χ3n) is 4.91. The van der Waals surface area contributed by atoms with Crippen LogP contribution >= 0.6 is 23.2 Å². The summed E-state index contributed by atoms with van der Waals surface area (Å²) in [6.45, 7) is 0.561. The van der Waals surface area contributed by atoms with Gasteiger partial charge < -0.3 is 9.47 Å². The van der Waals surface area contributed by atoms with Gasteiger partial charge in [-0.3, -0.25) is 0 Å². The van der Waals surface area contributed by atoms with Crippen LogP contribution in [0.5, 0.6) is 11.5 Å². The van der Waals surface area contributed by atoms with Crippen LogP contribution in [-0.2, 0) is 16.9 Å². The van der Waals surface area contributed by atoms with Crippen molar-refractivity contribution in [2.45, 2.75) is 25.0 Å². The summed E-state index contributed by atoms with van der Waals surface area (Å²) in [4.78, 5) is 4.04. The van der Waals surface area contributed by atoms with Crippen molar-refractivity contribution < 1.29 is 9.47 Å². The number of methoxy groups -OCH3 is 1. The zero-order chi connectivity index (χ0) is 18.9. The molecule has 1 saturated carbocycles. The molecule has 1 fully saturated rings. The van der Waals surface area contributed by atoms with E-state index in [2.05, 4.69) is 10.1 Å². The van der Waals surface area contributed by atoms with Crippen LogP contribution in [0.3, 0.4) is 0 Å². The molecule has 1 atom stereocenters. The fraction of sp³-hybridized carbons (Fsp3) is 0.300. The minimum atomic E-state index is -0.538. The Balaban J connectivity index is 1.64. The van der Waals surface area contributed by atoms with Crippen LogP contribution in [0.15, 0.2) is 55.1 Å². The summed E-state index contributed by atoms with van der Waals surface area (Å²) >= 11 is 12.6. The van der Waals surface area contributed by atoms with E-state index in [9.17, 15) is 0 Å². The van der Waals surface area contributed by atoms with Gasteiger partial charge in [-0.25, -0.2) is 9.67 Å². The Kier molecular flexibility index (Phi) is 5.08. The molecule has 1 aromatic heterocycles. The van der Waals surface area contributed by atoms with Gasteiger partial charge in [0.1, 0.15) is 29.8 Å². The summed E-state index contributed by atoms with van der Waals surface area (Å²) in [5, 5.41) is 5.51. The van der Waals surface area contributed by atoms with E-state index in [1.807, 2.05) is 30.3 Å². The lowest BCUT2D eigenvalue weighted by molar-refractivity contribution is -0.0513. The topological polar surface area (TPSA) is 49.2 Å². The van der Waals surface area contributed by atoms with Gasteiger partial charge in [0, 0.05) is 17.7 Å². The highest BCUT2D eigenvalue weighted by Gasteiger charge is 2.48. The van der Waals surface area contributed by atoms with Gasteiger partial charge in [0.2, 0.25) is 0 Å². The van der Waals surface area contributed by atoms with Gasteiger partial charge in [0.25, 0.3) is 0 Å². The van der Waals surface area contributed by atoms with E-state index >= 15 is 0 Å². The molecule has 140 valence electrons. The molecule has 1 heterocycles. The lowest BCUT2D eigenvalue weighted by Crippen LogP contribution is -2.36. The third-order valence-corrected chi connectivity index (χ3v) is 5.48. The molecule has 3 aromatic rings. The van der Waals surface area contributed by atoms with E-state index in [-0.39, 0.29) is 0 Å². The summed E-state index contributed by atoms with van der Waals surface area (Å²) in [5.74, 6) is 1.76. The first-order valence-corrected chi connectivity index (χ1v) is 9.47. The molecule has 2 aromatic carbocycles. The number of ether oxygens (including phenoxy) is 2. The zero-order valence-electron chi connectivity index (χ0n) is 14.8. The monoisotopic (exact) mass is 403 g/mol. The van der Waals surface area contributed by atoms with Gasteiger partial charge in [-0.05, 0) is 55.2 Å². The van der Waals surface area contributed by atoms with Crippen molar-refractivity contribution in [3.8, 4) is 11.5 Å². The van der Waals surface area contributed by atoms with E-state index in [1.165, 1.54) is 6.33 Å². The molecule has 5 nitrogen and oxygen atoms in total. The second kappa shape index (κ2) is 7.50. The number of hydrogen-bond acceptors (Lipinski definition) is 4. The van der Waals surface area contributed by atoms with Gasteiger partial charge in [-0.1, -0.05) is 29.3 Å². The highest BCUT2D eigenvalue weighted by molar-refractivity contribution is 6.31. The van der Waals surface area contributed by atoms with Crippen molar-refractivity contribution in [2.24, 2.45) is 5.92 Å². The second-order valence-electron chi connectivity index (χ2n) is 6.66. The summed E-state index contributed by atoms with van der Waals surface area (Å²) in [7, 11) is 1.73. The Morgan fingerprint density at radius 1 is 1.11 bits per heavy atom. The molecule has 1 unspecified atom stereocenters. The first kappa shape index (κ1) is 18.3. The second-order valence-corrected chi connectivity index (χ2v) is 7.50. The minimum Gasteiger partial charge on any atom is -0.457 e. The normalized spacial score (nSPS) is 16.1. The Bertz CT molecular complexity index is 911. The minimum absolute atomic E-state index is 0.396. The fourth-order valence-electron chi connectivity index (χ4n) is 3.42. The summed E-state index contributed by atoms with van der Waals surface area (Å²) < 4.78 is 13.7. The van der Waals surface area contributed by atoms with Crippen LogP contribution in [0.25, 0.3) is 0 Å². The molecule has 1 aliphatic rings. The Morgan fingerprint density at radius 3 is 2.44 bits per heavy atom. The van der Waals surface area contributed by atoms with Gasteiger partial charge in [-0.15, -0.1) is 0 Å². The number of hydrogen-bond donors (Lipinski definition) is 0. The number of rotatable bonds is 7. The van der Waals surface area contributed by atoms with Crippen LogP contribution < -0.4 is 4.74 Å². The predicted octanol–water partition coefficient (Wildman–Crippen LogP) is 5.33. The van der Waals surface area contributed by atoms with Crippen LogP contribution in [0, 0.1) is 5.92 Å². The number of aromatic nitrogens is 3. The standard InChI is InChI=1S/C20H19Cl2N3O2/c1-26-20(14-2-3-14,11-25-13-23-12-24-25)18-9-8-17(10-19(18)22)27-16-6-4-15(21)5-7-16/h4-10,12-14H,2-3,11H2,1H3.